The molecule has 2 aromatic heterocycles. The molecule has 0 spiro atoms. The van der Waals surface area contributed by atoms with Crippen LogP contribution in [0.15, 0.2) is 48.8 Å². The molecular formula is C29H28N6O8. The van der Waals surface area contributed by atoms with Crippen molar-refractivity contribution in [3.8, 4) is 23.3 Å². The van der Waals surface area contributed by atoms with Gasteiger partial charge in [-0.1, -0.05) is 24.1 Å². The van der Waals surface area contributed by atoms with Crippen LogP contribution in [0, 0.1) is 22.0 Å². The van der Waals surface area contributed by atoms with Gasteiger partial charge in [0.05, 0.1) is 35.7 Å². The van der Waals surface area contributed by atoms with E-state index in [4.69, 9.17) is 18.9 Å². The number of nitro benzene ring substituents is 1. The Morgan fingerprint density at radius 3 is 2.53 bits per heavy atom. The SMILES string of the molecule is CCOC(=O)COc1cc([N+](=O)[O-])c(COC(=O)Nc2ncnc3c2c(C#Cc2ccccc2)nn3C(C)C)cc1OC. The monoisotopic (exact) mass is 588 g/mol. The first-order valence-corrected chi connectivity index (χ1v) is 13.1. The molecule has 0 fully saturated rings. The van der Waals surface area contributed by atoms with Gasteiger partial charge in [-0.2, -0.15) is 5.10 Å². The summed E-state index contributed by atoms with van der Waals surface area (Å²) in [5.41, 5.74) is 1.19. The third-order valence-corrected chi connectivity index (χ3v) is 5.87. The Bertz CT molecular complexity index is 1710. The number of hydrogen-bond acceptors (Lipinski definition) is 11. The zero-order chi connectivity index (χ0) is 30.9. The molecule has 2 heterocycles. The Labute approximate surface area is 246 Å². The molecule has 1 N–H and O–H groups in total. The van der Waals surface area contributed by atoms with Gasteiger partial charge in [-0.15, -0.1) is 0 Å². The number of aromatic nitrogens is 4. The lowest BCUT2D eigenvalue weighted by atomic mass is 10.1. The lowest BCUT2D eigenvalue weighted by Crippen LogP contribution is -2.16. The summed E-state index contributed by atoms with van der Waals surface area (Å²) in [6, 6.07) is 11.6. The van der Waals surface area contributed by atoms with E-state index < -0.39 is 35.9 Å². The van der Waals surface area contributed by atoms with Crippen LogP contribution < -0.4 is 14.8 Å². The highest BCUT2D eigenvalue weighted by Crippen LogP contribution is 2.35. The number of nitrogens with one attached hydrogen (secondary N) is 1. The lowest BCUT2D eigenvalue weighted by Gasteiger charge is -2.13. The van der Waals surface area contributed by atoms with Crippen molar-refractivity contribution in [2.75, 3.05) is 25.6 Å². The van der Waals surface area contributed by atoms with Crippen LogP contribution in [0.25, 0.3) is 11.0 Å². The van der Waals surface area contributed by atoms with Crippen LogP contribution in [0.4, 0.5) is 16.3 Å². The minimum atomic E-state index is -0.935. The van der Waals surface area contributed by atoms with Crippen molar-refractivity contribution < 1.29 is 33.5 Å². The second kappa shape index (κ2) is 13.8. The molecule has 0 radical (unpaired) electrons. The maximum absolute atomic E-state index is 12.9. The largest absolute Gasteiger partial charge is 0.493 e. The molecule has 4 aromatic rings. The Balaban J connectivity index is 1.57. The maximum atomic E-state index is 12.9. The molecule has 0 bridgehead atoms. The quantitative estimate of drug-likeness (QED) is 0.120. The zero-order valence-electron chi connectivity index (χ0n) is 23.8. The number of esters is 1. The van der Waals surface area contributed by atoms with Crippen molar-refractivity contribution in [1.82, 2.24) is 19.7 Å². The third-order valence-electron chi connectivity index (χ3n) is 5.87. The first-order valence-electron chi connectivity index (χ1n) is 13.1. The van der Waals surface area contributed by atoms with Crippen molar-refractivity contribution >= 4 is 34.6 Å². The second-order valence-corrected chi connectivity index (χ2v) is 9.11. The fourth-order valence-electron chi connectivity index (χ4n) is 3.93. The molecule has 222 valence electrons. The number of benzene rings is 2. The van der Waals surface area contributed by atoms with Gasteiger partial charge in [0.25, 0.3) is 5.69 Å². The van der Waals surface area contributed by atoms with Crippen LogP contribution in [-0.2, 0) is 20.9 Å². The number of nitro groups is 1. The van der Waals surface area contributed by atoms with Gasteiger partial charge in [-0.3, -0.25) is 15.4 Å². The van der Waals surface area contributed by atoms with Crippen LogP contribution >= 0.6 is 0 Å². The second-order valence-electron chi connectivity index (χ2n) is 9.11. The number of fused-ring (bicyclic) bond motifs is 1. The molecular weight excluding hydrogens is 560 g/mol. The molecule has 2 aromatic carbocycles. The van der Waals surface area contributed by atoms with E-state index in [1.165, 1.54) is 19.5 Å². The number of ether oxygens (including phenoxy) is 4. The number of anilines is 1. The van der Waals surface area contributed by atoms with Crippen molar-refractivity contribution in [3.05, 3.63) is 75.7 Å². The number of hydrogen-bond donors (Lipinski definition) is 1. The van der Waals surface area contributed by atoms with Crippen molar-refractivity contribution in [2.24, 2.45) is 0 Å². The summed E-state index contributed by atoms with van der Waals surface area (Å²) in [6.45, 7) is 4.69. The Morgan fingerprint density at radius 2 is 1.86 bits per heavy atom. The molecule has 0 aliphatic carbocycles. The maximum Gasteiger partial charge on any atom is 0.413 e. The smallest absolute Gasteiger partial charge is 0.413 e. The van der Waals surface area contributed by atoms with Gasteiger partial charge < -0.3 is 18.9 Å². The molecule has 14 heteroatoms. The molecule has 0 aliphatic rings. The predicted octanol–water partition coefficient (Wildman–Crippen LogP) is 4.41. The summed E-state index contributed by atoms with van der Waals surface area (Å²) in [6.07, 6.45) is 0.340. The van der Waals surface area contributed by atoms with Crippen molar-refractivity contribution in [1.29, 1.82) is 0 Å². The van der Waals surface area contributed by atoms with Gasteiger partial charge in [0.15, 0.2) is 29.6 Å². The lowest BCUT2D eigenvalue weighted by molar-refractivity contribution is -0.385. The average molecular weight is 589 g/mol. The van der Waals surface area contributed by atoms with E-state index in [1.54, 1.807) is 11.6 Å². The predicted molar refractivity (Wildman–Crippen MR) is 154 cm³/mol. The van der Waals surface area contributed by atoms with Crippen LogP contribution in [0.1, 0.15) is 43.6 Å². The minimum absolute atomic E-state index is 0.0235. The highest BCUT2D eigenvalue weighted by Gasteiger charge is 2.23. The number of nitrogens with zero attached hydrogens (tertiary/aromatic N) is 5. The van der Waals surface area contributed by atoms with Gasteiger partial charge in [0, 0.05) is 11.6 Å². The summed E-state index contributed by atoms with van der Waals surface area (Å²) in [7, 11) is 1.33. The van der Waals surface area contributed by atoms with Gasteiger partial charge >= 0.3 is 12.1 Å². The molecule has 0 saturated heterocycles. The topological polar surface area (TPSA) is 170 Å². The Morgan fingerprint density at radius 1 is 1.09 bits per heavy atom. The van der Waals surface area contributed by atoms with E-state index in [2.05, 4.69) is 32.2 Å². The average Bonchev–Trinajstić information content (AvgIpc) is 3.38. The first kappa shape index (κ1) is 30.3. The molecule has 43 heavy (non-hydrogen) atoms. The summed E-state index contributed by atoms with van der Waals surface area (Å²) in [4.78, 5) is 44.2. The van der Waals surface area contributed by atoms with E-state index in [0.717, 1.165) is 11.6 Å². The highest BCUT2D eigenvalue weighted by atomic mass is 16.6. The molecule has 0 atom stereocenters. The fourth-order valence-corrected chi connectivity index (χ4v) is 3.93. The minimum Gasteiger partial charge on any atom is -0.493 e. The normalized spacial score (nSPS) is 10.5. The Hall–Kier alpha value is -5.71. The van der Waals surface area contributed by atoms with Crippen LogP contribution in [0.5, 0.6) is 11.5 Å². The van der Waals surface area contributed by atoms with Gasteiger partial charge in [-0.25, -0.2) is 24.2 Å². The molecule has 0 saturated carbocycles. The molecule has 1 amide bonds. The molecule has 0 unspecified atom stereocenters. The van der Waals surface area contributed by atoms with Crippen LogP contribution in [0.3, 0.4) is 0 Å². The van der Waals surface area contributed by atoms with E-state index in [0.29, 0.717) is 16.7 Å². The number of amides is 1. The van der Waals surface area contributed by atoms with E-state index in [9.17, 15) is 19.7 Å². The van der Waals surface area contributed by atoms with Gasteiger partial charge in [-0.05, 0) is 44.9 Å². The number of methoxy groups -OCH3 is 1. The van der Waals surface area contributed by atoms with E-state index >= 15 is 0 Å². The Kier molecular flexibility index (Phi) is 9.69. The molecule has 4 rings (SSSR count). The highest BCUT2D eigenvalue weighted by molar-refractivity contribution is 5.98. The number of carbonyl (C=O) groups excluding carboxylic acids is 2. The number of carbonyl (C=O) groups is 2. The summed E-state index contributed by atoms with van der Waals surface area (Å²) in [5, 5.41) is 19.3. The van der Waals surface area contributed by atoms with E-state index in [-0.39, 0.29) is 35.5 Å². The van der Waals surface area contributed by atoms with Gasteiger partial charge in [0.1, 0.15) is 18.6 Å². The van der Waals surface area contributed by atoms with Crippen LogP contribution in [-0.4, -0.2) is 57.1 Å². The van der Waals surface area contributed by atoms with Gasteiger partial charge in [0.2, 0.25) is 0 Å². The van der Waals surface area contributed by atoms with Crippen molar-refractivity contribution in [2.45, 2.75) is 33.4 Å². The number of rotatable bonds is 10. The molecule has 14 nitrogen and oxygen atoms in total. The first-order chi connectivity index (χ1) is 20.7. The standard InChI is InChI=1S/C29H28N6O8/c1-5-41-25(36)16-42-24-14-22(35(38)39)20(13-23(24)40-4)15-43-29(37)32-27-26-21(12-11-19-9-7-6-8-10-19)33-34(18(2)3)28(26)31-17-30-27/h6-10,13-14,17-18H,5,15-16H2,1-4H3,(H,30,31,32,37). The fraction of sp³-hybridized carbons (Fsp3) is 0.276. The summed E-state index contributed by atoms with van der Waals surface area (Å²) >= 11 is 0. The van der Waals surface area contributed by atoms with E-state index in [1.807, 2.05) is 44.2 Å². The van der Waals surface area contributed by atoms with Crippen molar-refractivity contribution in [3.63, 3.8) is 0 Å². The molecule has 0 aliphatic heterocycles. The van der Waals surface area contributed by atoms with Crippen LogP contribution in [0.2, 0.25) is 0 Å². The summed E-state index contributed by atoms with van der Waals surface area (Å²) < 4.78 is 22.4. The summed E-state index contributed by atoms with van der Waals surface area (Å²) in [5.74, 6) is 5.58. The zero-order valence-corrected chi connectivity index (χ0v) is 23.8. The third kappa shape index (κ3) is 7.33.